The summed E-state index contributed by atoms with van der Waals surface area (Å²) in [6, 6.07) is 10.4. The minimum atomic E-state index is 0.244. The summed E-state index contributed by atoms with van der Waals surface area (Å²) >= 11 is 0. The number of rotatable bonds is 3. The van der Waals surface area contributed by atoms with Gasteiger partial charge in [-0.3, -0.25) is 4.79 Å². The fourth-order valence-corrected chi connectivity index (χ4v) is 2.33. The van der Waals surface area contributed by atoms with E-state index in [0.717, 1.165) is 25.2 Å². The highest BCUT2D eigenvalue weighted by atomic mass is 16.2. The maximum atomic E-state index is 12.2. The summed E-state index contributed by atoms with van der Waals surface area (Å²) in [6.45, 7) is 6.97. The lowest BCUT2D eigenvalue weighted by Gasteiger charge is -2.35. The molecule has 1 aromatic rings. The van der Waals surface area contributed by atoms with E-state index < -0.39 is 0 Å². The van der Waals surface area contributed by atoms with Gasteiger partial charge in [-0.1, -0.05) is 44.2 Å². The van der Waals surface area contributed by atoms with Crippen molar-refractivity contribution in [2.45, 2.75) is 26.3 Å². The Hall–Kier alpha value is -1.35. The maximum absolute atomic E-state index is 12.2. The molecule has 0 bridgehead atoms. The van der Waals surface area contributed by atoms with E-state index in [2.05, 4.69) is 19.2 Å². The third-order valence-corrected chi connectivity index (χ3v) is 3.56. The van der Waals surface area contributed by atoms with Crippen LogP contribution in [0.25, 0.3) is 0 Å². The highest BCUT2D eigenvalue weighted by Crippen LogP contribution is 2.10. The fourth-order valence-electron chi connectivity index (χ4n) is 2.33. The first-order valence-electron chi connectivity index (χ1n) is 6.72. The highest BCUT2D eigenvalue weighted by Gasteiger charge is 2.24. The van der Waals surface area contributed by atoms with Gasteiger partial charge >= 0.3 is 0 Å². The SMILES string of the molecule is CC(C)C1CN(C(=O)Cc2ccccc2)CCN1. The number of benzene rings is 1. The third-order valence-electron chi connectivity index (χ3n) is 3.56. The molecule has 1 saturated heterocycles. The topological polar surface area (TPSA) is 32.3 Å². The number of carbonyl (C=O) groups is 1. The lowest BCUT2D eigenvalue weighted by molar-refractivity contribution is -0.131. The summed E-state index contributed by atoms with van der Waals surface area (Å²) < 4.78 is 0. The average Bonchev–Trinajstić information content (AvgIpc) is 2.40. The molecule has 0 saturated carbocycles. The molecule has 0 spiro atoms. The van der Waals surface area contributed by atoms with Gasteiger partial charge in [-0.05, 0) is 11.5 Å². The number of nitrogens with zero attached hydrogens (tertiary/aromatic N) is 1. The normalized spacial score (nSPS) is 20.2. The maximum Gasteiger partial charge on any atom is 0.227 e. The second-order valence-electron chi connectivity index (χ2n) is 5.31. The summed E-state index contributed by atoms with van der Waals surface area (Å²) in [5.74, 6) is 0.811. The zero-order chi connectivity index (χ0) is 13.0. The van der Waals surface area contributed by atoms with E-state index in [0.29, 0.717) is 18.4 Å². The van der Waals surface area contributed by atoms with Crippen LogP contribution >= 0.6 is 0 Å². The van der Waals surface area contributed by atoms with Crippen LogP contribution in [-0.4, -0.2) is 36.5 Å². The van der Waals surface area contributed by atoms with E-state index in [1.54, 1.807) is 0 Å². The van der Waals surface area contributed by atoms with Gasteiger partial charge in [0.2, 0.25) is 5.91 Å². The van der Waals surface area contributed by atoms with Gasteiger partial charge < -0.3 is 10.2 Å². The van der Waals surface area contributed by atoms with Crippen LogP contribution in [0.4, 0.5) is 0 Å². The molecule has 18 heavy (non-hydrogen) atoms. The molecule has 1 unspecified atom stereocenters. The Balaban J connectivity index is 1.93. The van der Waals surface area contributed by atoms with Crippen molar-refractivity contribution in [1.29, 1.82) is 0 Å². The second-order valence-corrected chi connectivity index (χ2v) is 5.31. The van der Waals surface area contributed by atoms with E-state index in [9.17, 15) is 4.79 Å². The molecule has 0 aromatic heterocycles. The fraction of sp³-hybridized carbons (Fsp3) is 0.533. The molecule has 3 heteroatoms. The molecule has 1 aliphatic heterocycles. The zero-order valence-electron chi connectivity index (χ0n) is 11.2. The van der Waals surface area contributed by atoms with Crippen LogP contribution in [0.2, 0.25) is 0 Å². The Morgan fingerprint density at radius 3 is 2.78 bits per heavy atom. The Morgan fingerprint density at radius 1 is 1.39 bits per heavy atom. The van der Waals surface area contributed by atoms with Crippen molar-refractivity contribution < 1.29 is 4.79 Å². The molecule has 98 valence electrons. The predicted molar refractivity (Wildman–Crippen MR) is 73.4 cm³/mol. The molecule has 3 nitrogen and oxygen atoms in total. The minimum absolute atomic E-state index is 0.244. The Bertz CT molecular complexity index is 389. The van der Waals surface area contributed by atoms with Crippen LogP contribution in [0.3, 0.4) is 0 Å². The summed E-state index contributed by atoms with van der Waals surface area (Å²) in [5.41, 5.74) is 1.10. The first-order valence-corrected chi connectivity index (χ1v) is 6.72. The lowest BCUT2D eigenvalue weighted by atomic mass is 10.0. The first-order chi connectivity index (χ1) is 8.66. The van der Waals surface area contributed by atoms with Gasteiger partial charge in [0, 0.05) is 25.7 Å². The highest BCUT2D eigenvalue weighted by molar-refractivity contribution is 5.78. The second kappa shape index (κ2) is 6.01. The van der Waals surface area contributed by atoms with Gasteiger partial charge in [0.05, 0.1) is 6.42 Å². The number of hydrogen-bond acceptors (Lipinski definition) is 2. The Morgan fingerprint density at radius 2 is 2.11 bits per heavy atom. The van der Waals surface area contributed by atoms with Crippen molar-refractivity contribution in [1.82, 2.24) is 10.2 Å². The summed E-state index contributed by atoms with van der Waals surface area (Å²) in [7, 11) is 0. The van der Waals surface area contributed by atoms with Crippen LogP contribution < -0.4 is 5.32 Å². The van der Waals surface area contributed by atoms with Crippen LogP contribution in [0.1, 0.15) is 19.4 Å². The van der Waals surface area contributed by atoms with Crippen molar-refractivity contribution >= 4 is 5.91 Å². The molecule has 1 heterocycles. The largest absolute Gasteiger partial charge is 0.340 e. The number of carbonyl (C=O) groups excluding carboxylic acids is 1. The monoisotopic (exact) mass is 246 g/mol. The van der Waals surface area contributed by atoms with Crippen LogP contribution in [0.5, 0.6) is 0 Å². The molecule has 1 atom stereocenters. The lowest BCUT2D eigenvalue weighted by Crippen LogP contribution is -2.54. The molecule has 1 amide bonds. The van der Waals surface area contributed by atoms with Crippen molar-refractivity contribution in [3.05, 3.63) is 35.9 Å². The summed E-state index contributed by atoms with van der Waals surface area (Å²) in [6.07, 6.45) is 0.519. The van der Waals surface area contributed by atoms with Gasteiger partial charge in [0.1, 0.15) is 0 Å². The average molecular weight is 246 g/mol. The standard InChI is InChI=1S/C15H22N2O/c1-12(2)14-11-17(9-8-16-14)15(18)10-13-6-4-3-5-7-13/h3-7,12,14,16H,8-11H2,1-2H3. The van der Waals surface area contributed by atoms with Crippen molar-refractivity contribution in [2.75, 3.05) is 19.6 Å². The molecule has 1 N–H and O–H groups in total. The smallest absolute Gasteiger partial charge is 0.227 e. The quantitative estimate of drug-likeness (QED) is 0.880. The predicted octanol–water partition coefficient (Wildman–Crippen LogP) is 1.69. The minimum Gasteiger partial charge on any atom is -0.340 e. The van der Waals surface area contributed by atoms with Crippen LogP contribution in [-0.2, 0) is 11.2 Å². The Labute approximate surface area is 109 Å². The molecule has 1 aliphatic rings. The van der Waals surface area contributed by atoms with Gasteiger partial charge in [-0.25, -0.2) is 0 Å². The van der Waals surface area contributed by atoms with Gasteiger partial charge in [-0.2, -0.15) is 0 Å². The first kappa shape index (κ1) is 13.1. The van der Waals surface area contributed by atoms with E-state index in [1.165, 1.54) is 0 Å². The molecule has 0 radical (unpaired) electrons. The Kier molecular flexibility index (Phi) is 4.37. The molecule has 1 aromatic carbocycles. The van der Waals surface area contributed by atoms with Gasteiger partial charge in [-0.15, -0.1) is 0 Å². The van der Waals surface area contributed by atoms with Gasteiger partial charge in [0.25, 0.3) is 0 Å². The van der Waals surface area contributed by atoms with E-state index in [1.807, 2.05) is 35.2 Å². The molecular formula is C15H22N2O. The zero-order valence-corrected chi connectivity index (χ0v) is 11.2. The van der Waals surface area contributed by atoms with Crippen LogP contribution in [0.15, 0.2) is 30.3 Å². The summed E-state index contributed by atoms with van der Waals surface area (Å²) in [4.78, 5) is 14.2. The van der Waals surface area contributed by atoms with E-state index in [-0.39, 0.29) is 5.91 Å². The number of piperazine rings is 1. The van der Waals surface area contributed by atoms with Crippen molar-refractivity contribution in [2.24, 2.45) is 5.92 Å². The molecule has 0 aliphatic carbocycles. The molecule has 1 fully saturated rings. The number of amides is 1. The van der Waals surface area contributed by atoms with Crippen molar-refractivity contribution in [3.63, 3.8) is 0 Å². The van der Waals surface area contributed by atoms with Crippen molar-refractivity contribution in [3.8, 4) is 0 Å². The van der Waals surface area contributed by atoms with Gasteiger partial charge in [0.15, 0.2) is 0 Å². The summed E-state index contributed by atoms with van der Waals surface area (Å²) in [5, 5.41) is 3.47. The molecular weight excluding hydrogens is 224 g/mol. The third kappa shape index (κ3) is 3.33. The van der Waals surface area contributed by atoms with E-state index in [4.69, 9.17) is 0 Å². The van der Waals surface area contributed by atoms with Crippen LogP contribution in [0, 0.1) is 5.92 Å². The molecule has 2 rings (SSSR count). The number of hydrogen-bond donors (Lipinski definition) is 1. The number of nitrogens with one attached hydrogen (secondary N) is 1. The van der Waals surface area contributed by atoms with E-state index >= 15 is 0 Å².